The zero-order valence-corrected chi connectivity index (χ0v) is 11.1. The van der Waals surface area contributed by atoms with Crippen molar-refractivity contribution in [3.63, 3.8) is 0 Å². The molecule has 1 aromatic carbocycles. The van der Waals surface area contributed by atoms with Crippen molar-refractivity contribution in [2.45, 2.75) is 32.3 Å². The first-order valence-corrected chi connectivity index (χ1v) is 6.17. The molecule has 1 aliphatic heterocycles. The first-order valence-electron chi connectivity index (χ1n) is 5.79. The molecule has 0 aromatic heterocycles. The number of carboxylic acid groups (broad SMARTS) is 1. The minimum Gasteiger partial charge on any atom is -0.493 e. The average Bonchev–Trinajstić information content (AvgIpc) is 2.70. The summed E-state index contributed by atoms with van der Waals surface area (Å²) in [5.74, 6) is 0.475. The first kappa shape index (κ1) is 13.0. The zero-order chi connectivity index (χ0) is 13.3. The molecule has 1 heterocycles. The molecule has 1 aromatic rings. The highest BCUT2D eigenvalue weighted by Gasteiger charge is 2.27. The van der Waals surface area contributed by atoms with Crippen LogP contribution in [0.1, 0.15) is 24.5 Å². The lowest BCUT2D eigenvalue weighted by Crippen LogP contribution is -2.05. The van der Waals surface area contributed by atoms with Gasteiger partial charge in [0.2, 0.25) is 0 Å². The number of benzene rings is 1. The van der Waals surface area contributed by atoms with Crippen LogP contribution in [0.4, 0.5) is 0 Å². The summed E-state index contributed by atoms with van der Waals surface area (Å²) in [6.45, 7) is 1.96. The number of ether oxygens (including phenoxy) is 2. The average molecular weight is 271 g/mol. The Morgan fingerprint density at radius 2 is 2.39 bits per heavy atom. The molecular weight excluding hydrogens is 256 g/mol. The fraction of sp³-hybridized carbons (Fsp3) is 0.462. The third kappa shape index (κ3) is 2.38. The quantitative estimate of drug-likeness (QED) is 0.914. The number of methoxy groups -OCH3 is 1. The Morgan fingerprint density at radius 3 is 3.00 bits per heavy atom. The summed E-state index contributed by atoms with van der Waals surface area (Å²) in [7, 11) is 1.57. The van der Waals surface area contributed by atoms with E-state index in [-0.39, 0.29) is 12.5 Å². The van der Waals surface area contributed by atoms with E-state index in [1.165, 1.54) is 0 Å². The van der Waals surface area contributed by atoms with E-state index in [4.69, 9.17) is 26.2 Å². The molecule has 0 spiro atoms. The number of carbonyl (C=O) groups is 1. The van der Waals surface area contributed by atoms with E-state index in [2.05, 4.69) is 0 Å². The van der Waals surface area contributed by atoms with Crippen molar-refractivity contribution < 1.29 is 19.4 Å². The van der Waals surface area contributed by atoms with Gasteiger partial charge in [0, 0.05) is 18.4 Å². The van der Waals surface area contributed by atoms with Gasteiger partial charge >= 0.3 is 5.97 Å². The molecule has 0 radical (unpaired) electrons. The molecule has 1 N–H and O–H groups in total. The Balaban J connectivity index is 2.38. The van der Waals surface area contributed by atoms with Crippen LogP contribution in [0.15, 0.2) is 6.07 Å². The molecular formula is C13H15ClO4. The number of hydrogen-bond acceptors (Lipinski definition) is 3. The molecule has 5 heteroatoms. The SMILES string of the molecule is COc1cc(CCC(=O)O)c(Cl)c2c1OC(C)C2. The second-order valence-electron chi connectivity index (χ2n) is 4.39. The lowest BCUT2D eigenvalue weighted by Gasteiger charge is -2.12. The summed E-state index contributed by atoms with van der Waals surface area (Å²) in [4.78, 5) is 10.6. The van der Waals surface area contributed by atoms with Crippen molar-refractivity contribution in [3.8, 4) is 11.5 Å². The number of aryl methyl sites for hydroxylation is 1. The third-order valence-electron chi connectivity index (χ3n) is 2.99. The van der Waals surface area contributed by atoms with Gasteiger partial charge in [-0.2, -0.15) is 0 Å². The van der Waals surface area contributed by atoms with Crippen LogP contribution in [0.2, 0.25) is 5.02 Å². The summed E-state index contributed by atoms with van der Waals surface area (Å²) in [5, 5.41) is 9.34. The molecule has 0 saturated carbocycles. The number of hydrogen-bond donors (Lipinski definition) is 1. The van der Waals surface area contributed by atoms with Gasteiger partial charge in [0.25, 0.3) is 0 Å². The lowest BCUT2D eigenvalue weighted by atomic mass is 10.0. The molecule has 98 valence electrons. The predicted molar refractivity (Wildman–Crippen MR) is 67.8 cm³/mol. The van der Waals surface area contributed by atoms with Gasteiger partial charge in [-0.15, -0.1) is 0 Å². The molecule has 0 saturated heterocycles. The van der Waals surface area contributed by atoms with E-state index in [0.29, 0.717) is 22.9 Å². The maximum atomic E-state index is 10.6. The highest BCUT2D eigenvalue weighted by Crippen LogP contribution is 2.44. The summed E-state index contributed by atoms with van der Waals surface area (Å²) in [5.41, 5.74) is 1.72. The largest absolute Gasteiger partial charge is 0.493 e. The lowest BCUT2D eigenvalue weighted by molar-refractivity contribution is -0.136. The molecule has 1 unspecified atom stereocenters. The van der Waals surface area contributed by atoms with E-state index >= 15 is 0 Å². The summed E-state index contributed by atoms with van der Waals surface area (Å²) in [6.07, 6.45) is 1.25. The zero-order valence-electron chi connectivity index (χ0n) is 10.3. The highest BCUT2D eigenvalue weighted by molar-refractivity contribution is 6.32. The number of fused-ring (bicyclic) bond motifs is 1. The van der Waals surface area contributed by atoms with Crippen LogP contribution in [-0.2, 0) is 17.6 Å². The van der Waals surface area contributed by atoms with Crippen LogP contribution in [-0.4, -0.2) is 24.3 Å². The topological polar surface area (TPSA) is 55.8 Å². The van der Waals surface area contributed by atoms with Crippen LogP contribution in [0.3, 0.4) is 0 Å². The molecule has 0 aliphatic carbocycles. The van der Waals surface area contributed by atoms with Gasteiger partial charge in [-0.05, 0) is 25.0 Å². The first-order chi connectivity index (χ1) is 8.52. The van der Waals surface area contributed by atoms with Crippen LogP contribution in [0.5, 0.6) is 11.5 Å². The maximum Gasteiger partial charge on any atom is 0.303 e. The van der Waals surface area contributed by atoms with E-state index < -0.39 is 5.97 Å². The van der Waals surface area contributed by atoms with Gasteiger partial charge in [0.15, 0.2) is 11.5 Å². The van der Waals surface area contributed by atoms with Crippen LogP contribution >= 0.6 is 11.6 Å². The maximum absolute atomic E-state index is 10.6. The van der Waals surface area contributed by atoms with Crippen molar-refractivity contribution in [1.82, 2.24) is 0 Å². The second-order valence-corrected chi connectivity index (χ2v) is 4.76. The van der Waals surface area contributed by atoms with E-state index in [0.717, 1.165) is 17.5 Å². The smallest absolute Gasteiger partial charge is 0.303 e. The molecule has 0 fully saturated rings. The van der Waals surface area contributed by atoms with Crippen molar-refractivity contribution in [3.05, 3.63) is 22.2 Å². The highest BCUT2D eigenvalue weighted by atomic mass is 35.5. The van der Waals surface area contributed by atoms with Crippen molar-refractivity contribution >= 4 is 17.6 Å². The Labute approximate surface area is 110 Å². The Bertz CT molecular complexity index is 484. The summed E-state index contributed by atoms with van der Waals surface area (Å²) >= 11 is 6.30. The van der Waals surface area contributed by atoms with Gasteiger partial charge in [-0.3, -0.25) is 4.79 Å². The van der Waals surface area contributed by atoms with Crippen molar-refractivity contribution in [2.24, 2.45) is 0 Å². The molecule has 1 atom stereocenters. The predicted octanol–water partition coefficient (Wildman–Crippen LogP) is 2.69. The second kappa shape index (κ2) is 5.06. The van der Waals surface area contributed by atoms with E-state index in [1.807, 2.05) is 6.92 Å². The number of rotatable bonds is 4. The van der Waals surface area contributed by atoms with E-state index in [1.54, 1.807) is 13.2 Å². The molecule has 0 bridgehead atoms. The van der Waals surface area contributed by atoms with Crippen LogP contribution < -0.4 is 9.47 Å². The number of aliphatic carboxylic acids is 1. The minimum absolute atomic E-state index is 0.0536. The van der Waals surface area contributed by atoms with Crippen molar-refractivity contribution in [2.75, 3.05) is 7.11 Å². The van der Waals surface area contributed by atoms with Gasteiger partial charge in [0.1, 0.15) is 6.10 Å². The van der Waals surface area contributed by atoms with Gasteiger partial charge in [-0.1, -0.05) is 11.6 Å². The molecule has 0 amide bonds. The summed E-state index contributed by atoms with van der Waals surface area (Å²) < 4.78 is 10.9. The Hall–Kier alpha value is -1.42. The van der Waals surface area contributed by atoms with Crippen LogP contribution in [0.25, 0.3) is 0 Å². The van der Waals surface area contributed by atoms with Gasteiger partial charge in [0.05, 0.1) is 12.1 Å². The number of carboxylic acids is 1. The third-order valence-corrected chi connectivity index (χ3v) is 3.46. The minimum atomic E-state index is -0.838. The fourth-order valence-electron chi connectivity index (χ4n) is 2.15. The number of halogens is 1. The monoisotopic (exact) mass is 270 g/mol. The van der Waals surface area contributed by atoms with Gasteiger partial charge < -0.3 is 14.6 Å². The fourth-order valence-corrected chi connectivity index (χ4v) is 2.46. The van der Waals surface area contributed by atoms with Crippen molar-refractivity contribution in [1.29, 1.82) is 0 Å². The summed E-state index contributed by atoms with van der Waals surface area (Å²) in [6, 6.07) is 1.77. The van der Waals surface area contributed by atoms with E-state index in [9.17, 15) is 4.79 Å². The van der Waals surface area contributed by atoms with Gasteiger partial charge in [-0.25, -0.2) is 0 Å². The van der Waals surface area contributed by atoms with Crippen LogP contribution in [0, 0.1) is 0 Å². The molecule has 2 rings (SSSR count). The molecule has 18 heavy (non-hydrogen) atoms. The molecule has 1 aliphatic rings. The molecule has 4 nitrogen and oxygen atoms in total. The normalized spacial score (nSPS) is 17.2. The standard InChI is InChI=1S/C13H15ClO4/c1-7-5-9-12(14)8(3-4-11(15)16)6-10(17-2)13(9)18-7/h6-7H,3-5H2,1-2H3,(H,15,16). The Kier molecular flexibility index (Phi) is 3.66. The Morgan fingerprint density at radius 1 is 1.67 bits per heavy atom.